The summed E-state index contributed by atoms with van der Waals surface area (Å²) in [7, 11) is 0. The number of primary amides is 1. The van der Waals surface area contributed by atoms with E-state index in [1.54, 1.807) is 24.3 Å². The number of nitrogens with zero attached hydrogens (tertiary/aromatic N) is 2. The molecule has 0 unspecified atom stereocenters. The molecule has 0 radical (unpaired) electrons. The van der Waals surface area contributed by atoms with E-state index in [4.69, 9.17) is 5.73 Å². The van der Waals surface area contributed by atoms with Crippen molar-refractivity contribution in [1.82, 2.24) is 0 Å². The number of nitrogens with one attached hydrogen (secondary N) is 1. The molecule has 2 amide bonds. The van der Waals surface area contributed by atoms with Gasteiger partial charge in [0.1, 0.15) is 0 Å². The first-order valence-electron chi connectivity index (χ1n) is 5.62. The fourth-order valence-corrected chi connectivity index (χ4v) is 1.48. The molecule has 1 heterocycles. The maximum atomic E-state index is 11.6. The number of amides is 2. The molecule has 6 nitrogen and oxygen atoms in total. The number of nitrogens with two attached hydrogens (primary N) is 1. The highest BCUT2D eigenvalue weighted by Gasteiger charge is 2.33. The van der Waals surface area contributed by atoms with Crippen molar-refractivity contribution < 1.29 is 9.59 Å². The first kappa shape index (κ1) is 12.2. The number of carbonyl (C=O) groups excluding carboxylic acids is 2. The van der Waals surface area contributed by atoms with Crippen molar-refractivity contribution in [3.05, 3.63) is 29.8 Å². The fraction of sp³-hybridized carbons (Fsp3) is 0.333. The molecule has 18 heavy (non-hydrogen) atoms. The molecular weight excluding hydrogens is 232 g/mol. The van der Waals surface area contributed by atoms with Gasteiger partial charge in [0.2, 0.25) is 11.8 Å². The molecule has 0 saturated heterocycles. The molecule has 1 aromatic rings. The smallest absolute Gasteiger partial charge is 0.248 e. The number of hydrogen-bond donors (Lipinski definition) is 2. The van der Waals surface area contributed by atoms with E-state index in [9.17, 15) is 9.59 Å². The van der Waals surface area contributed by atoms with E-state index in [0.717, 1.165) is 0 Å². The lowest BCUT2D eigenvalue weighted by molar-refractivity contribution is -0.116. The van der Waals surface area contributed by atoms with Gasteiger partial charge in [0, 0.05) is 24.1 Å². The van der Waals surface area contributed by atoms with E-state index in [-0.39, 0.29) is 11.6 Å². The number of benzene rings is 1. The van der Waals surface area contributed by atoms with Crippen LogP contribution in [-0.2, 0) is 4.79 Å². The third-order valence-corrected chi connectivity index (χ3v) is 2.72. The Morgan fingerprint density at radius 3 is 2.39 bits per heavy atom. The summed E-state index contributed by atoms with van der Waals surface area (Å²) >= 11 is 0. The average molecular weight is 246 g/mol. The summed E-state index contributed by atoms with van der Waals surface area (Å²) < 4.78 is 0. The van der Waals surface area contributed by atoms with Crippen LogP contribution in [0.25, 0.3) is 0 Å². The van der Waals surface area contributed by atoms with Crippen molar-refractivity contribution in [3.63, 3.8) is 0 Å². The molecule has 0 aliphatic carbocycles. The van der Waals surface area contributed by atoms with Crippen molar-refractivity contribution in [2.45, 2.75) is 25.4 Å². The van der Waals surface area contributed by atoms with Crippen LogP contribution in [0.1, 0.15) is 30.1 Å². The Labute approximate surface area is 104 Å². The highest BCUT2D eigenvalue weighted by atomic mass is 16.2. The maximum Gasteiger partial charge on any atom is 0.248 e. The molecule has 0 bridgehead atoms. The zero-order valence-electron chi connectivity index (χ0n) is 10.0. The average Bonchev–Trinajstić information content (AvgIpc) is 3.06. The third-order valence-electron chi connectivity index (χ3n) is 2.72. The topological polar surface area (TPSA) is 96.9 Å². The molecule has 1 aliphatic heterocycles. The minimum absolute atomic E-state index is 0.0969. The monoisotopic (exact) mass is 246 g/mol. The normalized spacial score (nSPS) is 15.2. The second-order valence-corrected chi connectivity index (χ2v) is 4.41. The van der Waals surface area contributed by atoms with Crippen LogP contribution in [0, 0.1) is 0 Å². The summed E-state index contributed by atoms with van der Waals surface area (Å²) in [4.78, 5) is 22.5. The van der Waals surface area contributed by atoms with Gasteiger partial charge in [-0.05, 0) is 31.2 Å². The molecule has 1 aliphatic rings. The van der Waals surface area contributed by atoms with Crippen LogP contribution in [-0.4, -0.2) is 17.5 Å². The second-order valence-electron chi connectivity index (χ2n) is 4.41. The van der Waals surface area contributed by atoms with Crippen molar-refractivity contribution in [2.24, 2.45) is 16.0 Å². The van der Waals surface area contributed by atoms with Crippen molar-refractivity contribution >= 4 is 17.5 Å². The highest BCUT2D eigenvalue weighted by Crippen LogP contribution is 2.31. The summed E-state index contributed by atoms with van der Waals surface area (Å²) in [5.41, 5.74) is 5.82. The van der Waals surface area contributed by atoms with E-state index in [1.165, 1.54) is 0 Å². The Morgan fingerprint density at radius 2 is 1.89 bits per heavy atom. The number of carbonyl (C=O) groups is 2. The van der Waals surface area contributed by atoms with E-state index in [0.29, 0.717) is 24.1 Å². The van der Waals surface area contributed by atoms with Gasteiger partial charge in [-0.25, -0.2) is 0 Å². The standard InChI is InChI=1S/C12H14N4O2/c1-12(15-16-12)7-6-10(17)14-9-4-2-8(3-5-9)11(13)18/h2-5H,6-7H2,1H3,(H2,13,18)(H,14,17). The van der Waals surface area contributed by atoms with Gasteiger partial charge in [0.15, 0.2) is 5.66 Å². The molecule has 1 aromatic carbocycles. The Bertz CT molecular complexity index is 501. The minimum atomic E-state index is -0.488. The van der Waals surface area contributed by atoms with E-state index >= 15 is 0 Å². The van der Waals surface area contributed by atoms with Gasteiger partial charge in [-0.15, -0.1) is 0 Å². The van der Waals surface area contributed by atoms with Gasteiger partial charge < -0.3 is 11.1 Å². The zero-order valence-corrected chi connectivity index (χ0v) is 10.0. The summed E-state index contributed by atoms with van der Waals surface area (Å²) in [5.74, 6) is -0.585. The Hall–Kier alpha value is -2.24. The lowest BCUT2D eigenvalue weighted by Gasteiger charge is -2.06. The summed E-state index contributed by atoms with van der Waals surface area (Å²) in [6.07, 6.45) is 0.972. The maximum absolute atomic E-state index is 11.6. The van der Waals surface area contributed by atoms with E-state index in [2.05, 4.69) is 15.5 Å². The van der Waals surface area contributed by atoms with Crippen molar-refractivity contribution in [2.75, 3.05) is 5.32 Å². The summed E-state index contributed by atoms with van der Waals surface area (Å²) in [6.45, 7) is 1.88. The Morgan fingerprint density at radius 1 is 1.28 bits per heavy atom. The molecule has 0 saturated carbocycles. The highest BCUT2D eigenvalue weighted by molar-refractivity contribution is 5.94. The molecule has 94 valence electrons. The SMILES string of the molecule is CC1(CCC(=O)Nc2ccc(C(N)=O)cc2)N=N1. The summed E-state index contributed by atoms with van der Waals surface area (Å²) in [5, 5.41) is 10.4. The Kier molecular flexibility index (Phi) is 3.10. The number of anilines is 1. The lowest BCUT2D eigenvalue weighted by atomic mass is 10.1. The third kappa shape index (κ3) is 3.13. The molecule has 6 heteroatoms. The van der Waals surface area contributed by atoms with Crippen LogP contribution in [0.2, 0.25) is 0 Å². The minimum Gasteiger partial charge on any atom is -0.366 e. The number of hydrogen-bond acceptors (Lipinski definition) is 4. The molecule has 0 fully saturated rings. The van der Waals surface area contributed by atoms with Crippen molar-refractivity contribution in [1.29, 1.82) is 0 Å². The first-order valence-corrected chi connectivity index (χ1v) is 5.62. The van der Waals surface area contributed by atoms with Gasteiger partial charge >= 0.3 is 0 Å². The molecule has 0 atom stereocenters. The van der Waals surface area contributed by atoms with Gasteiger partial charge in [-0.2, -0.15) is 10.2 Å². The van der Waals surface area contributed by atoms with E-state index in [1.807, 2.05) is 6.92 Å². The van der Waals surface area contributed by atoms with Crippen LogP contribution < -0.4 is 11.1 Å². The Balaban J connectivity index is 1.84. The summed E-state index contributed by atoms with van der Waals surface area (Å²) in [6, 6.07) is 6.44. The zero-order chi connectivity index (χ0) is 13.2. The second kappa shape index (κ2) is 4.56. The molecule has 0 aromatic heterocycles. The van der Waals surface area contributed by atoms with Gasteiger partial charge in [0.25, 0.3) is 0 Å². The fourth-order valence-electron chi connectivity index (χ4n) is 1.48. The van der Waals surface area contributed by atoms with Crippen LogP contribution >= 0.6 is 0 Å². The van der Waals surface area contributed by atoms with Gasteiger partial charge in [0.05, 0.1) is 0 Å². The molecule has 3 N–H and O–H groups in total. The first-order chi connectivity index (χ1) is 8.48. The lowest BCUT2D eigenvalue weighted by Crippen LogP contribution is -2.15. The quantitative estimate of drug-likeness (QED) is 0.826. The molecule has 0 spiro atoms. The van der Waals surface area contributed by atoms with Crippen LogP contribution in [0.3, 0.4) is 0 Å². The predicted molar refractivity (Wildman–Crippen MR) is 66.1 cm³/mol. The predicted octanol–water partition coefficient (Wildman–Crippen LogP) is 1.69. The van der Waals surface area contributed by atoms with Gasteiger partial charge in [-0.1, -0.05) is 0 Å². The largest absolute Gasteiger partial charge is 0.366 e. The number of rotatable bonds is 5. The van der Waals surface area contributed by atoms with Crippen LogP contribution in [0.5, 0.6) is 0 Å². The van der Waals surface area contributed by atoms with Crippen LogP contribution in [0.15, 0.2) is 34.5 Å². The van der Waals surface area contributed by atoms with E-state index < -0.39 is 5.91 Å². The van der Waals surface area contributed by atoms with Crippen molar-refractivity contribution in [3.8, 4) is 0 Å². The van der Waals surface area contributed by atoms with Crippen LogP contribution in [0.4, 0.5) is 5.69 Å². The van der Waals surface area contributed by atoms with Gasteiger partial charge in [-0.3, -0.25) is 9.59 Å². The molecule has 2 rings (SSSR count). The molecular formula is C12H14N4O2.